The summed E-state index contributed by atoms with van der Waals surface area (Å²) in [6.07, 6.45) is 1.16. The zero-order valence-corrected chi connectivity index (χ0v) is 12.3. The van der Waals surface area contributed by atoms with Crippen molar-refractivity contribution in [2.45, 2.75) is 38.5 Å². The Morgan fingerprint density at radius 3 is 2.89 bits per heavy atom. The monoisotopic (exact) mass is 266 g/mol. The lowest BCUT2D eigenvalue weighted by molar-refractivity contribution is 0.630. The van der Waals surface area contributed by atoms with E-state index in [2.05, 4.69) is 28.7 Å². The van der Waals surface area contributed by atoms with Crippen molar-refractivity contribution in [3.8, 4) is 0 Å². The van der Waals surface area contributed by atoms with Gasteiger partial charge in [-0.2, -0.15) is 11.8 Å². The van der Waals surface area contributed by atoms with Crippen molar-refractivity contribution in [3.63, 3.8) is 0 Å². The standard InChI is InChI=1S/C13H22N4S/c1-10-8-11(9-14)16-12(15-10)17-5-4-13(2,3)18-7-6-17/h8H,4-7,9,14H2,1-3H3. The topological polar surface area (TPSA) is 55.0 Å². The summed E-state index contributed by atoms with van der Waals surface area (Å²) in [5, 5.41) is 0. The van der Waals surface area contributed by atoms with Gasteiger partial charge in [-0.15, -0.1) is 0 Å². The average molecular weight is 266 g/mol. The first-order chi connectivity index (χ1) is 8.50. The average Bonchev–Trinajstić information content (AvgIpc) is 2.49. The van der Waals surface area contributed by atoms with Crippen LogP contribution in [0.15, 0.2) is 6.07 Å². The summed E-state index contributed by atoms with van der Waals surface area (Å²) >= 11 is 2.03. The zero-order chi connectivity index (χ0) is 13.2. The van der Waals surface area contributed by atoms with Crippen molar-refractivity contribution in [2.75, 3.05) is 23.7 Å². The lowest BCUT2D eigenvalue weighted by atomic mass is 10.1. The van der Waals surface area contributed by atoms with Gasteiger partial charge < -0.3 is 10.6 Å². The van der Waals surface area contributed by atoms with Crippen LogP contribution in [0, 0.1) is 6.92 Å². The Kier molecular flexibility index (Phi) is 4.12. The second kappa shape index (κ2) is 5.45. The maximum atomic E-state index is 5.68. The van der Waals surface area contributed by atoms with E-state index >= 15 is 0 Å². The smallest absolute Gasteiger partial charge is 0.225 e. The molecular weight excluding hydrogens is 244 g/mol. The van der Waals surface area contributed by atoms with E-state index in [1.54, 1.807) is 0 Å². The molecule has 1 fully saturated rings. The van der Waals surface area contributed by atoms with Crippen LogP contribution in [0.1, 0.15) is 31.7 Å². The van der Waals surface area contributed by atoms with Gasteiger partial charge in [0, 0.05) is 35.8 Å². The molecule has 0 bridgehead atoms. The first kappa shape index (κ1) is 13.6. The van der Waals surface area contributed by atoms with Crippen molar-refractivity contribution in [1.82, 2.24) is 9.97 Å². The second-order valence-electron chi connectivity index (χ2n) is 5.35. The summed E-state index contributed by atoms with van der Waals surface area (Å²) < 4.78 is 0.356. The van der Waals surface area contributed by atoms with E-state index < -0.39 is 0 Å². The lowest BCUT2D eigenvalue weighted by Gasteiger charge is -2.23. The predicted molar refractivity (Wildman–Crippen MR) is 78.0 cm³/mol. The number of hydrogen-bond acceptors (Lipinski definition) is 5. The fraction of sp³-hybridized carbons (Fsp3) is 0.692. The largest absolute Gasteiger partial charge is 0.340 e. The first-order valence-corrected chi connectivity index (χ1v) is 7.42. The van der Waals surface area contributed by atoms with Crippen molar-refractivity contribution in [2.24, 2.45) is 5.73 Å². The third-order valence-electron chi connectivity index (χ3n) is 3.23. The van der Waals surface area contributed by atoms with Crippen molar-refractivity contribution in [1.29, 1.82) is 0 Å². The number of thioether (sulfide) groups is 1. The van der Waals surface area contributed by atoms with E-state index in [1.807, 2.05) is 24.8 Å². The minimum Gasteiger partial charge on any atom is -0.340 e. The van der Waals surface area contributed by atoms with Crippen molar-refractivity contribution in [3.05, 3.63) is 17.5 Å². The summed E-state index contributed by atoms with van der Waals surface area (Å²) in [6.45, 7) is 9.13. The Balaban J connectivity index is 2.18. The molecule has 4 nitrogen and oxygen atoms in total. The second-order valence-corrected chi connectivity index (χ2v) is 7.15. The lowest BCUT2D eigenvalue weighted by Crippen LogP contribution is -2.29. The highest BCUT2D eigenvalue weighted by Crippen LogP contribution is 2.31. The molecule has 1 saturated heterocycles. The van der Waals surface area contributed by atoms with Gasteiger partial charge in [-0.05, 0) is 19.4 Å². The SMILES string of the molecule is Cc1cc(CN)nc(N2CCSC(C)(C)CC2)n1. The number of anilines is 1. The maximum Gasteiger partial charge on any atom is 0.225 e. The molecule has 2 heterocycles. The summed E-state index contributed by atoms with van der Waals surface area (Å²) in [5.74, 6) is 1.97. The van der Waals surface area contributed by atoms with Crippen LogP contribution in [-0.2, 0) is 6.54 Å². The fourth-order valence-electron chi connectivity index (χ4n) is 2.08. The fourth-order valence-corrected chi connectivity index (χ4v) is 3.18. The van der Waals surface area contributed by atoms with Gasteiger partial charge in [0.2, 0.25) is 5.95 Å². The van der Waals surface area contributed by atoms with Gasteiger partial charge in [0.25, 0.3) is 0 Å². The molecule has 5 heteroatoms. The highest BCUT2D eigenvalue weighted by atomic mass is 32.2. The minimum absolute atomic E-state index is 0.356. The Hall–Kier alpha value is -0.810. The number of aromatic nitrogens is 2. The summed E-state index contributed by atoms with van der Waals surface area (Å²) in [5.41, 5.74) is 7.60. The molecule has 0 radical (unpaired) electrons. The first-order valence-electron chi connectivity index (χ1n) is 6.44. The van der Waals surface area contributed by atoms with E-state index in [0.717, 1.165) is 42.6 Å². The van der Waals surface area contributed by atoms with Crippen LogP contribution < -0.4 is 10.6 Å². The van der Waals surface area contributed by atoms with Crippen LogP contribution in [-0.4, -0.2) is 33.6 Å². The Bertz CT molecular complexity index is 419. The van der Waals surface area contributed by atoms with E-state index in [4.69, 9.17) is 5.73 Å². The molecule has 0 spiro atoms. The highest BCUT2D eigenvalue weighted by Gasteiger charge is 2.24. The molecule has 100 valence electrons. The Morgan fingerprint density at radius 1 is 1.39 bits per heavy atom. The normalized spacial score (nSPS) is 19.7. The molecule has 0 amide bonds. The quantitative estimate of drug-likeness (QED) is 0.887. The molecule has 1 aliphatic rings. The van der Waals surface area contributed by atoms with Gasteiger partial charge in [0.15, 0.2) is 0 Å². The molecule has 0 aromatic carbocycles. The van der Waals surface area contributed by atoms with Crippen LogP contribution in [0.4, 0.5) is 5.95 Å². The maximum absolute atomic E-state index is 5.68. The van der Waals surface area contributed by atoms with E-state index in [9.17, 15) is 0 Å². The van der Waals surface area contributed by atoms with Crippen LogP contribution in [0.2, 0.25) is 0 Å². The summed E-state index contributed by atoms with van der Waals surface area (Å²) in [4.78, 5) is 11.4. The third-order valence-corrected chi connectivity index (χ3v) is 4.60. The van der Waals surface area contributed by atoms with E-state index in [-0.39, 0.29) is 0 Å². The van der Waals surface area contributed by atoms with Gasteiger partial charge in [-0.25, -0.2) is 9.97 Å². The third kappa shape index (κ3) is 3.36. The molecule has 18 heavy (non-hydrogen) atoms. The van der Waals surface area contributed by atoms with E-state index in [0.29, 0.717) is 11.3 Å². The molecule has 1 aromatic rings. The van der Waals surface area contributed by atoms with Crippen molar-refractivity contribution < 1.29 is 0 Å². The van der Waals surface area contributed by atoms with Gasteiger partial charge in [0.1, 0.15) is 0 Å². The number of hydrogen-bond donors (Lipinski definition) is 1. The molecular formula is C13H22N4S. The number of nitrogens with two attached hydrogens (primary N) is 1. The summed E-state index contributed by atoms with van der Waals surface area (Å²) in [6, 6.07) is 1.96. The molecule has 2 N–H and O–H groups in total. The summed E-state index contributed by atoms with van der Waals surface area (Å²) in [7, 11) is 0. The van der Waals surface area contributed by atoms with E-state index in [1.165, 1.54) is 0 Å². The molecule has 0 atom stereocenters. The molecule has 1 aliphatic heterocycles. The van der Waals surface area contributed by atoms with Crippen LogP contribution in [0.5, 0.6) is 0 Å². The number of rotatable bonds is 2. The van der Waals surface area contributed by atoms with Crippen LogP contribution in [0.3, 0.4) is 0 Å². The van der Waals surface area contributed by atoms with Crippen LogP contribution in [0.25, 0.3) is 0 Å². The molecule has 2 rings (SSSR count). The van der Waals surface area contributed by atoms with Gasteiger partial charge in [-0.1, -0.05) is 13.8 Å². The van der Waals surface area contributed by atoms with Gasteiger partial charge in [0.05, 0.1) is 5.69 Å². The molecule has 0 aliphatic carbocycles. The molecule has 1 aromatic heterocycles. The van der Waals surface area contributed by atoms with Gasteiger partial charge in [-0.3, -0.25) is 0 Å². The minimum atomic E-state index is 0.356. The number of aryl methyl sites for hydroxylation is 1. The zero-order valence-electron chi connectivity index (χ0n) is 11.4. The highest BCUT2D eigenvalue weighted by molar-refractivity contribution is 8.00. The molecule has 0 saturated carbocycles. The number of nitrogens with zero attached hydrogens (tertiary/aromatic N) is 3. The van der Waals surface area contributed by atoms with Crippen LogP contribution >= 0.6 is 11.8 Å². The molecule has 0 unspecified atom stereocenters. The Morgan fingerprint density at radius 2 is 2.17 bits per heavy atom. The van der Waals surface area contributed by atoms with Crippen molar-refractivity contribution >= 4 is 17.7 Å². The van der Waals surface area contributed by atoms with Gasteiger partial charge >= 0.3 is 0 Å². The predicted octanol–water partition coefficient (Wildman–Crippen LogP) is 1.97. The Labute approximate surface area is 113 Å².